The number of β-lactam (4-membered cyclic amide) rings is 1. The number of hydrogen-bond acceptors (Lipinski definition) is 10. The number of nitrogens with two attached hydrogens (primary N) is 2. The number of carboxylic acids is 1. The highest BCUT2D eigenvalue weighted by molar-refractivity contribution is 8.00. The number of carboxylic acid groups (broad SMARTS) is 1. The number of nitrogens with zero attached hydrogens (tertiary/aromatic N) is 4. The summed E-state index contributed by atoms with van der Waals surface area (Å²) in [4.78, 5) is 47.9. The average molecular weight is 525 g/mol. The van der Waals surface area contributed by atoms with Gasteiger partial charge in [0.1, 0.15) is 41.9 Å². The molecule has 1 aromatic carbocycles. The molecule has 0 radical (unpaired) electrons. The van der Waals surface area contributed by atoms with E-state index in [1.165, 1.54) is 23.8 Å². The van der Waals surface area contributed by atoms with Crippen LogP contribution in [0.2, 0.25) is 0 Å². The number of nitrogen functional groups attached to an aromatic ring is 2. The van der Waals surface area contributed by atoms with Crippen molar-refractivity contribution in [1.82, 2.24) is 15.2 Å². The number of carbonyl (C=O) groups is 3. The van der Waals surface area contributed by atoms with Crippen molar-refractivity contribution in [3.05, 3.63) is 59.9 Å². The molecule has 1 saturated heterocycles. The summed E-state index contributed by atoms with van der Waals surface area (Å²) in [5.41, 5.74) is 12.4. The third kappa shape index (κ3) is 4.31. The molecule has 2 amide bonds. The van der Waals surface area contributed by atoms with Crippen LogP contribution >= 0.6 is 11.8 Å². The van der Waals surface area contributed by atoms with Crippen LogP contribution in [0.4, 0.5) is 11.7 Å². The van der Waals surface area contributed by atoms with Gasteiger partial charge in [-0.05, 0) is 6.07 Å². The number of fused-ring (bicyclic) bond motifs is 2. The number of nitrogens with one attached hydrogen (secondary N) is 1. The maximum absolute atomic E-state index is 13.0. The van der Waals surface area contributed by atoms with E-state index in [9.17, 15) is 19.5 Å². The molecule has 0 bridgehead atoms. The second kappa shape index (κ2) is 9.46. The molecular formula is C23H22N7O6S+. The fraction of sp³-hybridized carbons (Fsp3) is 0.217. The Morgan fingerprint density at radius 1 is 1.35 bits per heavy atom. The number of rotatable bonds is 7. The highest BCUT2D eigenvalue weighted by Crippen LogP contribution is 2.40. The van der Waals surface area contributed by atoms with Gasteiger partial charge in [0.15, 0.2) is 24.7 Å². The summed E-state index contributed by atoms with van der Waals surface area (Å²) in [6.07, 6.45) is 4.74. The Morgan fingerprint density at radius 3 is 2.84 bits per heavy atom. The first kappa shape index (κ1) is 24.1. The van der Waals surface area contributed by atoms with Crippen LogP contribution in [0, 0.1) is 0 Å². The van der Waals surface area contributed by atoms with Gasteiger partial charge in [-0.1, -0.05) is 23.4 Å². The molecule has 0 aliphatic carbocycles. The smallest absolute Gasteiger partial charge is 0.352 e. The van der Waals surface area contributed by atoms with Gasteiger partial charge in [-0.3, -0.25) is 14.5 Å². The van der Waals surface area contributed by atoms with E-state index in [-0.39, 0.29) is 29.7 Å². The monoisotopic (exact) mass is 524 g/mol. The second-order valence-electron chi connectivity index (χ2n) is 8.28. The molecule has 4 heterocycles. The second-order valence-corrected chi connectivity index (χ2v) is 9.39. The molecule has 13 nitrogen and oxygen atoms in total. The quantitative estimate of drug-likeness (QED) is 0.142. The van der Waals surface area contributed by atoms with Crippen molar-refractivity contribution < 1.29 is 33.3 Å². The van der Waals surface area contributed by atoms with E-state index in [0.29, 0.717) is 17.0 Å². The first-order valence-corrected chi connectivity index (χ1v) is 12.0. The van der Waals surface area contributed by atoms with Crippen LogP contribution < -0.4 is 21.4 Å². The number of hydrogen-bond donors (Lipinski definition) is 4. The summed E-state index contributed by atoms with van der Waals surface area (Å²) in [5.74, 6) is -2.20. The average Bonchev–Trinajstić information content (AvgIpc) is 3.31. The van der Waals surface area contributed by atoms with Gasteiger partial charge in [0, 0.05) is 22.1 Å². The first-order valence-electron chi connectivity index (χ1n) is 11.0. The van der Waals surface area contributed by atoms with Crippen LogP contribution in [0.5, 0.6) is 0 Å². The Balaban J connectivity index is 1.38. The van der Waals surface area contributed by atoms with Gasteiger partial charge in [0.2, 0.25) is 0 Å². The zero-order valence-corrected chi connectivity index (χ0v) is 20.3. The number of pyridine rings is 1. The van der Waals surface area contributed by atoms with Crippen LogP contribution in [-0.4, -0.2) is 62.8 Å². The van der Waals surface area contributed by atoms with Crippen LogP contribution in [0.25, 0.3) is 10.8 Å². The summed E-state index contributed by atoms with van der Waals surface area (Å²) < 4.78 is 6.72. The molecular weight excluding hydrogens is 502 g/mol. The van der Waals surface area contributed by atoms with E-state index in [0.717, 1.165) is 17.0 Å². The van der Waals surface area contributed by atoms with Gasteiger partial charge in [-0.15, -0.1) is 11.8 Å². The number of benzene rings is 1. The summed E-state index contributed by atoms with van der Waals surface area (Å²) in [6, 6.07) is 6.47. The van der Waals surface area contributed by atoms with E-state index >= 15 is 0 Å². The maximum atomic E-state index is 13.0. The van der Waals surface area contributed by atoms with Crippen LogP contribution in [0.1, 0.15) is 5.69 Å². The van der Waals surface area contributed by atoms with Gasteiger partial charge in [-0.2, -0.15) is 9.55 Å². The van der Waals surface area contributed by atoms with Gasteiger partial charge in [0.25, 0.3) is 17.8 Å². The topological polar surface area (TPSA) is 190 Å². The lowest BCUT2D eigenvalue weighted by molar-refractivity contribution is -0.687. The SMILES string of the molecule is CON=C(C(=O)NC1C(=O)N2C(C(=O)O)=C(C[n+]3cc(N)c4ccccc4c3)CS[C@@H]12)c1coc(N)n1. The lowest BCUT2D eigenvalue weighted by atomic mass is 10.0. The van der Waals surface area contributed by atoms with Crippen molar-refractivity contribution in [2.45, 2.75) is 18.0 Å². The normalized spacial score (nSPS) is 19.4. The van der Waals surface area contributed by atoms with E-state index < -0.39 is 29.2 Å². The molecule has 0 spiro atoms. The molecule has 1 fully saturated rings. The van der Waals surface area contributed by atoms with Crippen molar-refractivity contribution in [3.63, 3.8) is 0 Å². The van der Waals surface area contributed by atoms with Gasteiger partial charge in [-0.25, -0.2) is 4.79 Å². The van der Waals surface area contributed by atoms with Gasteiger partial charge >= 0.3 is 5.97 Å². The molecule has 2 atom stereocenters. The number of amides is 2. The minimum Gasteiger partial charge on any atom is -0.477 e. The third-order valence-corrected chi connectivity index (χ3v) is 7.29. The third-order valence-electron chi connectivity index (χ3n) is 5.95. The zero-order chi connectivity index (χ0) is 26.3. The largest absolute Gasteiger partial charge is 0.477 e. The predicted octanol–water partition coefficient (Wildman–Crippen LogP) is 0.0690. The van der Waals surface area contributed by atoms with Gasteiger partial charge in [0.05, 0.1) is 0 Å². The lowest BCUT2D eigenvalue weighted by Crippen LogP contribution is -2.71. The molecule has 2 aliphatic heterocycles. The molecule has 190 valence electrons. The van der Waals surface area contributed by atoms with Crippen LogP contribution in [0.3, 0.4) is 0 Å². The minimum atomic E-state index is -1.23. The number of carbonyl (C=O) groups excluding carboxylic acids is 2. The van der Waals surface area contributed by atoms with Crippen molar-refractivity contribution in [3.8, 4) is 0 Å². The number of aromatic nitrogens is 2. The zero-order valence-electron chi connectivity index (χ0n) is 19.5. The molecule has 3 aromatic rings. The standard InChI is InChI=1S/C23H21N7O6S/c1-35-28-16(15-9-36-23(25)26-15)19(31)27-17-20(32)30-18(22(33)34)12(10-37-21(17)30)7-29-6-11-4-2-3-5-13(11)14(24)8-29/h2-6,8-9,17,21H,7,10,24H2,1H3,(H3-,25,26,27,31,33,34)/p+1/t17?,21-/m0/s1. The fourth-order valence-corrected chi connectivity index (χ4v) is 5.69. The van der Waals surface area contributed by atoms with E-state index in [4.69, 9.17) is 20.7 Å². The predicted molar refractivity (Wildman–Crippen MR) is 133 cm³/mol. The maximum Gasteiger partial charge on any atom is 0.352 e. The fourth-order valence-electron chi connectivity index (χ4n) is 4.35. The van der Waals surface area contributed by atoms with E-state index in [1.54, 1.807) is 10.8 Å². The molecule has 2 aliphatic rings. The van der Waals surface area contributed by atoms with Crippen molar-refractivity contribution in [2.75, 3.05) is 24.3 Å². The van der Waals surface area contributed by atoms with E-state index in [2.05, 4.69) is 15.5 Å². The molecule has 37 heavy (non-hydrogen) atoms. The summed E-state index contributed by atoms with van der Waals surface area (Å²) in [6.45, 7) is 0.232. The molecule has 14 heteroatoms. The summed E-state index contributed by atoms with van der Waals surface area (Å²) in [7, 11) is 1.25. The van der Waals surface area contributed by atoms with Crippen LogP contribution in [-0.2, 0) is 25.8 Å². The lowest BCUT2D eigenvalue weighted by Gasteiger charge is -2.49. The van der Waals surface area contributed by atoms with E-state index in [1.807, 2.05) is 30.5 Å². The molecule has 1 unspecified atom stereocenters. The summed E-state index contributed by atoms with van der Waals surface area (Å²) in [5, 5.41) is 17.4. The molecule has 0 saturated carbocycles. The van der Waals surface area contributed by atoms with Crippen molar-refractivity contribution in [2.24, 2.45) is 5.16 Å². The number of thioether (sulfide) groups is 1. The molecule has 2 aromatic heterocycles. The highest BCUT2D eigenvalue weighted by atomic mass is 32.2. The number of aliphatic carboxylic acids is 1. The number of oxazole rings is 1. The number of anilines is 2. The van der Waals surface area contributed by atoms with Gasteiger partial charge < -0.3 is 31.1 Å². The molecule has 5 rings (SSSR count). The Labute approximate surface area is 213 Å². The van der Waals surface area contributed by atoms with Crippen LogP contribution in [0.15, 0.2) is 63.8 Å². The Bertz CT molecular complexity index is 1500. The van der Waals surface area contributed by atoms with Crippen molar-refractivity contribution >= 4 is 57.7 Å². The first-order chi connectivity index (χ1) is 17.8. The van der Waals surface area contributed by atoms with Crippen molar-refractivity contribution in [1.29, 1.82) is 0 Å². The Hall–Kier alpha value is -4.59. The summed E-state index contributed by atoms with van der Waals surface area (Å²) >= 11 is 1.35. The Morgan fingerprint density at radius 2 is 2.14 bits per heavy atom. The highest BCUT2D eigenvalue weighted by Gasteiger charge is 2.54. The Kier molecular flexibility index (Phi) is 6.17. The molecule has 6 N–H and O–H groups in total. The number of oxime groups is 1. The minimum absolute atomic E-state index is 0.0249.